The van der Waals surface area contributed by atoms with Crippen molar-refractivity contribution in [2.75, 3.05) is 11.5 Å². The van der Waals surface area contributed by atoms with E-state index in [1.165, 1.54) is 4.31 Å². The maximum Gasteiger partial charge on any atom is 0.273 e. The summed E-state index contributed by atoms with van der Waals surface area (Å²) >= 11 is -0.362. The molecule has 5 heteroatoms. The van der Waals surface area contributed by atoms with E-state index in [-0.39, 0.29) is 35.3 Å². The molecule has 0 aromatic rings. The van der Waals surface area contributed by atoms with Crippen molar-refractivity contribution in [1.82, 2.24) is 4.31 Å². The molecule has 3 nitrogen and oxygen atoms in total. The van der Waals surface area contributed by atoms with Gasteiger partial charge >= 0.3 is 0 Å². The van der Waals surface area contributed by atoms with Crippen LogP contribution < -0.4 is 12.4 Å². The average molecular weight is 248 g/mol. The second-order valence-electron chi connectivity index (χ2n) is 2.95. The molecule has 0 radical (unpaired) electrons. The van der Waals surface area contributed by atoms with Gasteiger partial charge in [-0.15, -0.1) is 0 Å². The Labute approximate surface area is 99.1 Å². The molecule has 1 aliphatic heterocycles. The summed E-state index contributed by atoms with van der Waals surface area (Å²) in [5, 5.41) is 0. The fraction of sp³-hybridized carbons (Fsp3) is 0.400. The van der Waals surface area contributed by atoms with Gasteiger partial charge in [-0.1, -0.05) is 17.5 Å². The van der Waals surface area contributed by atoms with Crippen molar-refractivity contribution in [3.8, 4) is 0 Å². The molecule has 0 aromatic carbocycles. The molecule has 1 rings (SSSR count). The standard InChI is InChI=1S/C10H14NO2S.ClH/c1-3-7-14(8-4-2)11-9(12)5-6-10(11)13;/h3-4H,1-2,5-8H2;1H/q+1;/p-1. The summed E-state index contributed by atoms with van der Waals surface area (Å²) in [5.74, 6) is 1.23. The monoisotopic (exact) mass is 247 g/mol. The van der Waals surface area contributed by atoms with Crippen LogP contribution in [0.4, 0.5) is 0 Å². The normalized spacial score (nSPS) is 15.4. The first-order valence-corrected chi connectivity index (χ1v) is 5.98. The summed E-state index contributed by atoms with van der Waals surface area (Å²) in [5.41, 5.74) is 0. The lowest BCUT2D eigenvalue weighted by Gasteiger charge is -2.12. The number of carbonyl (C=O) groups excluding carboxylic acids is 2. The number of hydrogen-bond acceptors (Lipinski definition) is 2. The van der Waals surface area contributed by atoms with E-state index in [9.17, 15) is 9.59 Å². The molecule has 0 atom stereocenters. The average Bonchev–Trinajstić information content (AvgIpc) is 2.46. The summed E-state index contributed by atoms with van der Waals surface area (Å²) in [6.07, 6.45) is 4.20. The van der Waals surface area contributed by atoms with Crippen LogP contribution in [0.2, 0.25) is 0 Å². The highest BCUT2D eigenvalue weighted by Gasteiger charge is 2.41. The van der Waals surface area contributed by atoms with Gasteiger partial charge in [-0.25, -0.2) is 0 Å². The first-order chi connectivity index (χ1) is 6.70. The van der Waals surface area contributed by atoms with Crippen molar-refractivity contribution in [2.45, 2.75) is 12.8 Å². The summed E-state index contributed by atoms with van der Waals surface area (Å²) in [4.78, 5) is 22.8. The molecular formula is C10H14ClNO2S. The summed E-state index contributed by atoms with van der Waals surface area (Å²) < 4.78 is 1.39. The molecule has 0 N–H and O–H groups in total. The molecule has 0 spiro atoms. The van der Waals surface area contributed by atoms with Crippen molar-refractivity contribution in [3.05, 3.63) is 25.3 Å². The Bertz CT molecular complexity index is 255. The first-order valence-electron chi connectivity index (χ1n) is 4.46. The SMILES string of the molecule is C=CC[S+](CC=C)N1C(=O)CCC1=O.[Cl-]. The van der Waals surface area contributed by atoms with Crippen LogP contribution in [0.25, 0.3) is 0 Å². The van der Waals surface area contributed by atoms with Gasteiger partial charge in [0.05, 0.1) is 0 Å². The molecule has 1 fully saturated rings. The van der Waals surface area contributed by atoms with E-state index in [0.29, 0.717) is 24.3 Å². The molecule has 0 unspecified atom stereocenters. The molecule has 84 valence electrons. The minimum atomic E-state index is -0.362. The zero-order chi connectivity index (χ0) is 10.6. The molecule has 0 saturated carbocycles. The van der Waals surface area contributed by atoms with Gasteiger partial charge in [0.1, 0.15) is 11.1 Å². The van der Waals surface area contributed by atoms with Gasteiger partial charge in [0, 0.05) is 12.8 Å². The largest absolute Gasteiger partial charge is 1.00 e. The van der Waals surface area contributed by atoms with Crippen LogP contribution in [0.3, 0.4) is 0 Å². The fourth-order valence-electron chi connectivity index (χ4n) is 1.33. The summed E-state index contributed by atoms with van der Waals surface area (Å²) in [6, 6.07) is 0. The quantitative estimate of drug-likeness (QED) is 0.322. The number of imide groups is 1. The highest BCUT2D eigenvalue weighted by Crippen LogP contribution is 2.18. The third-order valence-corrected chi connectivity index (χ3v) is 4.05. The minimum absolute atomic E-state index is 0. The van der Waals surface area contributed by atoms with Crippen LogP contribution in [0.1, 0.15) is 12.8 Å². The number of halogens is 1. The van der Waals surface area contributed by atoms with Crippen molar-refractivity contribution in [3.63, 3.8) is 0 Å². The van der Waals surface area contributed by atoms with Gasteiger partial charge in [-0.2, -0.15) is 0 Å². The van der Waals surface area contributed by atoms with Crippen LogP contribution in [0.15, 0.2) is 25.3 Å². The van der Waals surface area contributed by atoms with E-state index in [4.69, 9.17) is 0 Å². The molecular weight excluding hydrogens is 234 g/mol. The lowest BCUT2D eigenvalue weighted by atomic mass is 10.4. The maximum absolute atomic E-state index is 11.4. The number of amides is 2. The topological polar surface area (TPSA) is 37.4 Å². The Balaban J connectivity index is 0.00000196. The summed E-state index contributed by atoms with van der Waals surface area (Å²) in [6.45, 7) is 7.26. The van der Waals surface area contributed by atoms with E-state index in [1.54, 1.807) is 12.2 Å². The van der Waals surface area contributed by atoms with Crippen LogP contribution in [-0.2, 0) is 20.7 Å². The molecule has 0 aliphatic carbocycles. The van der Waals surface area contributed by atoms with Crippen molar-refractivity contribution < 1.29 is 22.0 Å². The predicted molar refractivity (Wildman–Crippen MR) is 58.6 cm³/mol. The smallest absolute Gasteiger partial charge is 0.273 e. The van der Waals surface area contributed by atoms with E-state index < -0.39 is 0 Å². The van der Waals surface area contributed by atoms with Crippen LogP contribution in [0.5, 0.6) is 0 Å². The summed E-state index contributed by atoms with van der Waals surface area (Å²) in [7, 11) is 0. The lowest BCUT2D eigenvalue weighted by molar-refractivity contribution is -0.132. The second-order valence-corrected chi connectivity index (χ2v) is 4.91. The van der Waals surface area contributed by atoms with Gasteiger partial charge in [0.15, 0.2) is 11.5 Å². The Hall–Kier alpha value is -0.740. The van der Waals surface area contributed by atoms with E-state index in [1.807, 2.05) is 0 Å². The van der Waals surface area contributed by atoms with Crippen LogP contribution in [0, 0.1) is 0 Å². The maximum atomic E-state index is 11.4. The van der Waals surface area contributed by atoms with Gasteiger partial charge in [-0.05, 0) is 12.2 Å². The zero-order valence-electron chi connectivity index (χ0n) is 8.45. The van der Waals surface area contributed by atoms with Gasteiger partial charge in [-0.3, -0.25) is 9.59 Å². The third-order valence-electron chi connectivity index (χ3n) is 1.88. The first kappa shape index (κ1) is 14.3. The van der Waals surface area contributed by atoms with Crippen LogP contribution >= 0.6 is 0 Å². The van der Waals surface area contributed by atoms with Crippen molar-refractivity contribution >= 4 is 22.9 Å². The van der Waals surface area contributed by atoms with Crippen molar-refractivity contribution in [1.29, 1.82) is 0 Å². The van der Waals surface area contributed by atoms with E-state index in [2.05, 4.69) is 13.2 Å². The lowest BCUT2D eigenvalue weighted by Crippen LogP contribution is -3.00. The Morgan fingerprint density at radius 2 is 1.53 bits per heavy atom. The Morgan fingerprint density at radius 1 is 1.13 bits per heavy atom. The van der Waals surface area contributed by atoms with E-state index >= 15 is 0 Å². The molecule has 15 heavy (non-hydrogen) atoms. The molecule has 1 aliphatic rings. The number of hydrogen-bond donors (Lipinski definition) is 0. The molecule has 1 heterocycles. The highest BCUT2D eigenvalue weighted by atomic mass is 35.5. The van der Waals surface area contributed by atoms with Crippen LogP contribution in [-0.4, -0.2) is 27.6 Å². The highest BCUT2D eigenvalue weighted by molar-refractivity contribution is 7.95. The number of carbonyl (C=O) groups is 2. The molecule has 0 bridgehead atoms. The third kappa shape index (κ3) is 3.39. The second kappa shape index (κ2) is 6.69. The zero-order valence-corrected chi connectivity index (χ0v) is 10.0. The van der Waals surface area contributed by atoms with Gasteiger partial charge in [0.2, 0.25) is 0 Å². The minimum Gasteiger partial charge on any atom is -1.00 e. The fourth-order valence-corrected chi connectivity index (χ4v) is 3.07. The Morgan fingerprint density at radius 3 is 1.87 bits per heavy atom. The molecule has 0 aromatic heterocycles. The number of rotatable bonds is 5. The van der Waals surface area contributed by atoms with E-state index in [0.717, 1.165) is 0 Å². The van der Waals surface area contributed by atoms with Crippen molar-refractivity contribution in [2.24, 2.45) is 0 Å². The number of nitrogens with zero attached hydrogens (tertiary/aromatic N) is 1. The Kier molecular flexibility index (Phi) is 6.36. The predicted octanol–water partition coefficient (Wildman–Crippen LogP) is -1.96. The van der Waals surface area contributed by atoms with Gasteiger partial charge in [0.25, 0.3) is 11.8 Å². The van der Waals surface area contributed by atoms with Gasteiger partial charge < -0.3 is 12.4 Å². The molecule has 2 amide bonds. The molecule has 1 saturated heterocycles.